The van der Waals surface area contributed by atoms with Crippen LogP contribution < -0.4 is 0 Å². The number of aliphatic hydroxyl groups excluding tert-OH is 1. The van der Waals surface area contributed by atoms with E-state index in [4.69, 9.17) is 21.1 Å². The molecular weight excluding hydrogens is 396 g/mol. The number of rotatable bonds is 2. The number of ether oxygens (including phenoxy) is 2. The van der Waals surface area contributed by atoms with Crippen LogP contribution in [-0.2, 0) is 23.9 Å². The summed E-state index contributed by atoms with van der Waals surface area (Å²) in [5, 5.41) is 10.6. The lowest BCUT2D eigenvalue weighted by atomic mass is 9.46. The zero-order valence-corrected chi connectivity index (χ0v) is 18.1. The van der Waals surface area contributed by atoms with Crippen molar-refractivity contribution in [3.63, 3.8) is 0 Å². The molecule has 160 valence electrons. The summed E-state index contributed by atoms with van der Waals surface area (Å²) >= 11 is 6.69. The third kappa shape index (κ3) is 2.61. The maximum absolute atomic E-state index is 12.8. The van der Waals surface area contributed by atoms with Crippen LogP contribution in [0.2, 0.25) is 0 Å². The van der Waals surface area contributed by atoms with Crippen molar-refractivity contribution in [2.75, 3.05) is 6.61 Å². The molecule has 1 N–H and O–H groups in total. The van der Waals surface area contributed by atoms with E-state index < -0.39 is 39.9 Å². The van der Waals surface area contributed by atoms with Crippen molar-refractivity contribution in [1.82, 2.24) is 0 Å². The third-order valence-corrected chi connectivity index (χ3v) is 9.09. The topological polar surface area (TPSA) is 89.9 Å². The largest absolute Gasteiger partial charge is 0.462 e. The van der Waals surface area contributed by atoms with Gasteiger partial charge >= 0.3 is 11.9 Å². The number of fused-ring (bicyclic) bond motifs is 5. The number of hydrogen-bond acceptors (Lipinski definition) is 6. The second kappa shape index (κ2) is 6.55. The monoisotopic (exact) mass is 424 g/mol. The van der Waals surface area contributed by atoms with E-state index >= 15 is 0 Å². The Labute approximate surface area is 175 Å². The Balaban J connectivity index is 1.78. The van der Waals surface area contributed by atoms with Crippen LogP contribution in [0.25, 0.3) is 0 Å². The van der Waals surface area contributed by atoms with Crippen molar-refractivity contribution in [3.05, 3.63) is 11.6 Å². The molecule has 0 aromatic rings. The highest BCUT2D eigenvalue weighted by molar-refractivity contribution is 6.23. The smallest absolute Gasteiger partial charge is 0.330 e. The minimum Gasteiger partial charge on any atom is -0.462 e. The molecule has 7 heteroatoms. The van der Waals surface area contributed by atoms with Crippen molar-refractivity contribution in [1.29, 1.82) is 0 Å². The average molecular weight is 425 g/mol. The Morgan fingerprint density at radius 2 is 1.86 bits per heavy atom. The first-order chi connectivity index (χ1) is 13.5. The van der Waals surface area contributed by atoms with Gasteiger partial charge in [0.05, 0.1) is 11.5 Å². The van der Waals surface area contributed by atoms with Gasteiger partial charge in [-0.3, -0.25) is 9.59 Å². The van der Waals surface area contributed by atoms with E-state index in [0.717, 1.165) is 12.0 Å². The second-order valence-electron chi connectivity index (χ2n) is 9.78. The first-order valence-electron chi connectivity index (χ1n) is 10.4. The van der Waals surface area contributed by atoms with Gasteiger partial charge in [0.2, 0.25) is 0 Å². The van der Waals surface area contributed by atoms with Gasteiger partial charge in [-0.15, -0.1) is 11.6 Å². The molecule has 3 saturated carbocycles. The molecule has 0 saturated heterocycles. The zero-order valence-electron chi connectivity index (χ0n) is 17.4. The lowest BCUT2D eigenvalue weighted by Gasteiger charge is -2.60. The number of halogens is 1. The molecule has 8 atom stereocenters. The molecule has 3 aliphatic carbocycles. The molecule has 0 aromatic heterocycles. The summed E-state index contributed by atoms with van der Waals surface area (Å²) in [6.07, 6.45) is 3.18. The summed E-state index contributed by atoms with van der Waals surface area (Å²) in [4.78, 5) is 36.5. The average Bonchev–Trinajstić information content (AvgIpc) is 2.94. The summed E-state index contributed by atoms with van der Waals surface area (Å²) in [7, 11) is 0. The van der Waals surface area contributed by atoms with E-state index in [2.05, 4.69) is 6.92 Å². The van der Waals surface area contributed by atoms with Crippen LogP contribution in [0, 0.1) is 28.6 Å². The van der Waals surface area contributed by atoms with Gasteiger partial charge in [0.25, 0.3) is 0 Å². The molecule has 0 bridgehead atoms. The fraction of sp³-hybridized carbons (Fsp3) is 0.773. The number of aliphatic hydroxyl groups is 1. The summed E-state index contributed by atoms with van der Waals surface area (Å²) in [6.45, 7) is 7.17. The van der Waals surface area contributed by atoms with Gasteiger partial charge in [0.15, 0.2) is 11.4 Å². The molecule has 29 heavy (non-hydrogen) atoms. The van der Waals surface area contributed by atoms with Crippen LogP contribution in [0.4, 0.5) is 0 Å². The number of ketones is 1. The quantitative estimate of drug-likeness (QED) is 0.541. The number of esters is 2. The first-order valence-corrected chi connectivity index (χ1v) is 10.8. The summed E-state index contributed by atoms with van der Waals surface area (Å²) in [5.41, 5.74) is -1.41. The molecular formula is C22H29ClO6. The minimum atomic E-state index is -1.16. The van der Waals surface area contributed by atoms with Gasteiger partial charge in [-0.1, -0.05) is 13.8 Å². The van der Waals surface area contributed by atoms with E-state index in [9.17, 15) is 19.5 Å². The lowest BCUT2D eigenvalue weighted by molar-refractivity contribution is -0.193. The number of alkyl halides is 1. The summed E-state index contributed by atoms with van der Waals surface area (Å²) < 4.78 is 11.1. The van der Waals surface area contributed by atoms with Crippen LogP contribution in [0.3, 0.4) is 0 Å². The number of Topliss-reactive ketones (excluding diaryl/α,β-unsaturated/α-hetero) is 1. The molecule has 1 heterocycles. The van der Waals surface area contributed by atoms with E-state index in [0.29, 0.717) is 19.3 Å². The normalized spacial score (nSPS) is 48.6. The fourth-order valence-electron chi connectivity index (χ4n) is 7.21. The number of carbonyl (C=O) groups is 3. The van der Waals surface area contributed by atoms with Gasteiger partial charge in [-0.2, -0.15) is 0 Å². The summed E-state index contributed by atoms with van der Waals surface area (Å²) in [6, 6.07) is 0. The first kappa shape index (κ1) is 20.9. The van der Waals surface area contributed by atoms with Gasteiger partial charge in [-0.05, 0) is 55.9 Å². The van der Waals surface area contributed by atoms with Crippen LogP contribution >= 0.6 is 11.6 Å². The Kier molecular flexibility index (Phi) is 4.71. The van der Waals surface area contributed by atoms with E-state index in [1.54, 1.807) is 0 Å². The van der Waals surface area contributed by atoms with Crippen molar-refractivity contribution in [2.45, 2.75) is 70.5 Å². The van der Waals surface area contributed by atoms with Crippen LogP contribution in [0.1, 0.15) is 53.4 Å². The molecule has 0 amide bonds. The molecule has 4 rings (SSSR count). The Hall–Kier alpha value is -1.40. The van der Waals surface area contributed by atoms with Gasteiger partial charge in [0.1, 0.15) is 6.61 Å². The van der Waals surface area contributed by atoms with Crippen molar-refractivity contribution in [3.8, 4) is 0 Å². The van der Waals surface area contributed by atoms with E-state index in [1.807, 2.05) is 6.92 Å². The van der Waals surface area contributed by atoms with Gasteiger partial charge in [0, 0.05) is 23.8 Å². The zero-order chi connectivity index (χ0) is 21.4. The molecule has 1 aliphatic heterocycles. The predicted octanol–water partition coefficient (Wildman–Crippen LogP) is 2.79. The Morgan fingerprint density at radius 1 is 1.21 bits per heavy atom. The van der Waals surface area contributed by atoms with Gasteiger partial charge < -0.3 is 14.6 Å². The SMILES string of the molecule is CC(=O)O[C@]1(C(C)=O)CC[C@H]2[C@@H]3[C@@H](O)[C@@H](Cl)C4=CC(=O)OC[C@]4(C)[C@H]3CC[C@@]21C. The Morgan fingerprint density at radius 3 is 2.48 bits per heavy atom. The second-order valence-corrected chi connectivity index (χ2v) is 10.2. The number of hydrogen-bond donors (Lipinski definition) is 1. The third-order valence-electron chi connectivity index (χ3n) is 8.60. The predicted molar refractivity (Wildman–Crippen MR) is 105 cm³/mol. The van der Waals surface area contributed by atoms with Crippen LogP contribution in [-0.4, -0.2) is 46.5 Å². The highest BCUT2D eigenvalue weighted by Gasteiger charge is 2.70. The molecule has 3 fully saturated rings. The molecule has 0 radical (unpaired) electrons. The lowest BCUT2D eigenvalue weighted by Crippen LogP contribution is -2.63. The van der Waals surface area contributed by atoms with Crippen molar-refractivity contribution < 1.29 is 29.0 Å². The summed E-state index contributed by atoms with van der Waals surface area (Å²) in [5.74, 6) is -1.11. The standard InChI is InChI=1S/C22H29ClO6/c1-11(24)22(29-12(2)25)8-6-14-17-13(5-7-21(14,22)4)20(3)10-28-16(26)9-15(20)18(23)19(17)27/h9,13-14,17-19,27H,5-8,10H2,1-4H3/t13-,14-,17+,18-,19+,20+,21-,22-/m0/s1. The number of cyclic esters (lactones) is 1. The number of carbonyl (C=O) groups excluding carboxylic acids is 3. The van der Waals surface area contributed by atoms with Gasteiger partial charge in [-0.25, -0.2) is 4.79 Å². The molecule has 0 spiro atoms. The molecule has 0 aromatic carbocycles. The van der Waals surface area contributed by atoms with Crippen molar-refractivity contribution >= 4 is 29.3 Å². The van der Waals surface area contributed by atoms with Crippen LogP contribution in [0.15, 0.2) is 11.6 Å². The minimum absolute atomic E-state index is 0.0169. The highest BCUT2D eigenvalue weighted by atomic mass is 35.5. The highest BCUT2D eigenvalue weighted by Crippen LogP contribution is 2.68. The molecule has 4 aliphatic rings. The van der Waals surface area contributed by atoms with E-state index in [1.165, 1.54) is 19.9 Å². The van der Waals surface area contributed by atoms with E-state index in [-0.39, 0.29) is 30.1 Å². The van der Waals surface area contributed by atoms with Crippen molar-refractivity contribution in [2.24, 2.45) is 28.6 Å². The Bertz CT molecular complexity index is 807. The molecule has 6 nitrogen and oxygen atoms in total. The fourth-order valence-corrected chi connectivity index (χ4v) is 7.69. The molecule has 0 unspecified atom stereocenters. The van der Waals surface area contributed by atoms with Crippen LogP contribution in [0.5, 0.6) is 0 Å². The maximum Gasteiger partial charge on any atom is 0.330 e. The maximum atomic E-state index is 12.8.